The summed E-state index contributed by atoms with van der Waals surface area (Å²) in [6, 6.07) is 10.6. The molecule has 0 spiro atoms. The van der Waals surface area contributed by atoms with Crippen molar-refractivity contribution in [3.8, 4) is 0 Å². The molecule has 2 aromatic heterocycles. The first kappa shape index (κ1) is 23.8. The van der Waals surface area contributed by atoms with Crippen LogP contribution in [0.1, 0.15) is 31.7 Å². The Kier molecular flexibility index (Phi) is 7.08. The maximum atomic E-state index is 10.3. The number of piperidine rings is 1. The highest BCUT2D eigenvalue weighted by atomic mass is 16.3. The molecule has 0 amide bonds. The lowest BCUT2D eigenvalue weighted by Crippen LogP contribution is -2.44. The number of aliphatic hydroxyl groups excluding tert-OH is 1. The van der Waals surface area contributed by atoms with Crippen molar-refractivity contribution in [1.29, 1.82) is 0 Å². The molecule has 0 radical (unpaired) electrons. The SMILES string of the molecule is CC(C)c1cnn2c(Nc3ccc(N4CCN(C)CC4)cc3)cc(NC[C@H]3CCNC[C@@H]3O)nc12. The van der Waals surface area contributed by atoms with Crippen LogP contribution in [-0.2, 0) is 0 Å². The number of nitrogens with zero attached hydrogens (tertiary/aromatic N) is 5. The van der Waals surface area contributed by atoms with Crippen LogP contribution >= 0.6 is 0 Å². The van der Waals surface area contributed by atoms with Crippen LogP contribution in [0.15, 0.2) is 36.5 Å². The smallest absolute Gasteiger partial charge is 0.163 e. The predicted octanol–water partition coefficient (Wildman–Crippen LogP) is 2.73. The fraction of sp³-hybridized carbons (Fsp3) is 0.538. The summed E-state index contributed by atoms with van der Waals surface area (Å²) in [7, 11) is 2.18. The molecule has 2 atom stereocenters. The molecule has 188 valence electrons. The Bertz CT molecular complexity index is 1120. The molecule has 9 nitrogen and oxygen atoms in total. The number of β-amino-alcohol motifs (C(OH)–C–C–N with tert-alkyl or cyclic N) is 1. The standard InChI is InChI=1S/C26H38N8O/c1-18(2)22-16-29-34-25(14-24(31-26(22)34)28-15-19-8-9-27-17-23(19)35)30-20-4-6-21(7-5-20)33-12-10-32(3)11-13-33/h4-7,14,16,18-19,23,27,30,35H,8-13,15,17H2,1-3H3,(H,28,31)/t19-,23+/m1/s1. The Morgan fingerprint density at radius 3 is 2.63 bits per heavy atom. The molecule has 2 aliphatic rings. The molecule has 0 aliphatic carbocycles. The molecule has 0 saturated carbocycles. The van der Waals surface area contributed by atoms with Crippen molar-refractivity contribution in [3.63, 3.8) is 0 Å². The van der Waals surface area contributed by atoms with Gasteiger partial charge in [0.2, 0.25) is 0 Å². The number of rotatable bonds is 7. The first-order valence-corrected chi connectivity index (χ1v) is 12.8. The normalized spacial score (nSPS) is 21.6. The molecular weight excluding hydrogens is 440 g/mol. The maximum absolute atomic E-state index is 10.3. The highest BCUT2D eigenvalue weighted by Gasteiger charge is 2.23. The summed E-state index contributed by atoms with van der Waals surface area (Å²) < 4.78 is 1.88. The van der Waals surface area contributed by atoms with Gasteiger partial charge in [-0.15, -0.1) is 0 Å². The molecule has 1 aromatic carbocycles. The Hall–Kier alpha value is -2.88. The van der Waals surface area contributed by atoms with Gasteiger partial charge in [0.05, 0.1) is 12.3 Å². The molecule has 35 heavy (non-hydrogen) atoms. The van der Waals surface area contributed by atoms with Crippen molar-refractivity contribution in [1.82, 2.24) is 24.8 Å². The molecule has 4 heterocycles. The van der Waals surface area contributed by atoms with Crippen molar-refractivity contribution >= 4 is 28.7 Å². The molecular formula is C26H38N8O. The van der Waals surface area contributed by atoms with Crippen LogP contribution < -0.4 is 20.9 Å². The molecule has 2 saturated heterocycles. The zero-order chi connectivity index (χ0) is 24.4. The molecule has 0 bridgehead atoms. The van der Waals surface area contributed by atoms with Crippen molar-refractivity contribution in [2.45, 2.75) is 32.3 Å². The molecule has 2 fully saturated rings. The van der Waals surface area contributed by atoms with E-state index in [2.05, 4.69) is 76.0 Å². The second-order valence-corrected chi connectivity index (χ2v) is 10.2. The zero-order valence-electron chi connectivity index (χ0n) is 21.0. The number of likely N-dealkylation sites (N-methyl/N-ethyl adjacent to an activating group) is 1. The predicted molar refractivity (Wildman–Crippen MR) is 142 cm³/mol. The largest absolute Gasteiger partial charge is 0.391 e. The fourth-order valence-corrected chi connectivity index (χ4v) is 4.91. The van der Waals surface area contributed by atoms with Crippen LogP contribution in [0, 0.1) is 5.92 Å². The minimum atomic E-state index is -0.336. The van der Waals surface area contributed by atoms with Crippen LogP contribution in [0.3, 0.4) is 0 Å². The van der Waals surface area contributed by atoms with Crippen LogP contribution in [-0.4, -0.2) is 83.6 Å². The summed E-state index contributed by atoms with van der Waals surface area (Å²) in [5.74, 6) is 2.18. The highest BCUT2D eigenvalue weighted by molar-refractivity contribution is 5.67. The first-order valence-electron chi connectivity index (χ1n) is 12.8. The monoisotopic (exact) mass is 478 g/mol. The number of benzene rings is 1. The minimum Gasteiger partial charge on any atom is -0.391 e. The van der Waals surface area contributed by atoms with Gasteiger partial charge >= 0.3 is 0 Å². The van der Waals surface area contributed by atoms with Gasteiger partial charge in [-0.2, -0.15) is 9.61 Å². The van der Waals surface area contributed by atoms with Gasteiger partial charge in [-0.1, -0.05) is 13.8 Å². The van der Waals surface area contributed by atoms with E-state index in [9.17, 15) is 5.11 Å². The van der Waals surface area contributed by atoms with E-state index in [0.717, 1.165) is 67.7 Å². The van der Waals surface area contributed by atoms with Crippen molar-refractivity contribution in [2.24, 2.45) is 5.92 Å². The highest BCUT2D eigenvalue weighted by Crippen LogP contribution is 2.27. The van der Waals surface area contributed by atoms with Crippen LogP contribution in [0.2, 0.25) is 0 Å². The number of hydrogen-bond donors (Lipinski definition) is 4. The van der Waals surface area contributed by atoms with Gasteiger partial charge < -0.3 is 30.9 Å². The lowest BCUT2D eigenvalue weighted by molar-refractivity contribution is 0.0883. The third kappa shape index (κ3) is 5.37. The van der Waals surface area contributed by atoms with E-state index in [1.165, 1.54) is 5.69 Å². The van der Waals surface area contributed by atoms with E-state index < -0.39 is 0 Å². The van der Waals surface area contributed by atoms with Crippen LogP contribution in [0.25, 0.3) is 5.65 Å². The minimum absolute atomic E-state index is 0.210. The lowest BCUT2D eigenvalue weighted by atomic mass is 9.95. The number of fused-ring (bicyclic) bond motifs is 1. The van der Waals surface area contributed by atoms with Gasteiger partial charge in [-0.05, 0) is 50.2 Å². The number of aliphatic hydroxyl groups is 1. The summed E-state index contributed by atoms with van der Waals surface area (Å²) in [6.45, 7) is 10.9. The maximum Gasteiger partial charge on any atom is 0.163 e. The quantitative estimate of drug-likeness (QED) is 0.412. The Morgan fingerprint density at radius 1 is 1.14 bits per heavy atom. The van der Waals surface area contributed by atoms with E-state index in [-0.39, 0.29) is 12.0 Å². The van der Waals surface area contributed by atoms with Gasteiger partial charge in [-0.25, -0.2) is 4.98 Å². The van der Waals surface area contributed by atoms with E-state index >= 15 is 0 Å². The molecule has 2 aliphatic heterocycles. The number of aromatic nitrogens is 3. The van der Waals surface area contributed by atoms with Crippen molar-refractivity contribution in [3.05, 3.63) is 42.1 Å². The summed E-state index contributed by atoms with van der Waals surface area (Å²) in [5, 5.41) is 25.3. The number of nitrogens with one attached hydrogen (secondary N) is 3. The lowest BCUT2D eigenvalue weighted by Gasteiger charge is -2.34. The van der Waals surface area contributed by atoms with Gasteiger partial charge in [0.15, 0.2) is 5.65 Å². The average Bonchev–Trinajstić information content (AvgIpc) is 3.29. The summed E-state index contributed by atoms with van der Waals surface area (Å²) in [5.41, 5.74) is 4.24. The van der Waals surface area contributed by atoms with Crippen LogP contribution in [0.5, 0.6) is 0 Å². The van der Waals surface area contributed by atoms with E-state index in [4.69, 9.17) is 4.98 Å². The van der Waals surface area contributed by atoms with Crippen molar-refractivity contribution < 1.29 is 5.11 Å². The topological polar surface area (TPSA) is 93.0 Å². The second-order valence-electron chi connectivity index (χ2n) is 10.2. The number of piperazine rings is 1. The Labute approximate surface area is 207 Å². The fourth-order valence-electron chi connectivity index (χ4n) is 4.91. The molecule has 3 aromatic rings. The summed E-state index contributed by atoms with van der Waals surface area (Å²) in [6.07, 6.45) is 2.53. The van der Waals surface area contributed by atoms with Gasteiger partial charge in [-0.3, -0.25) is 0 Å². The molecule has 4 N–H and O–H groups in total. The van der Waals surface area contributed by atoms with E-state index in [0.29, 0.717) is 19.0 Å². The van der Waals surface area contributed by atoms with Gasteiger partial charge in [0.1, 0.15) is 11.6 Å². The summed E-state index contributed by atoms with van der Waals surface area (Å²) in [4.78, 5) is 9.70. The van der Waals surface area contributed by atoms with E-state index in [1.54, 1.807) is 0 Å². The average molecular weight is 479 g/mol. The number of hydrogen-bond acceptors (Lipinski definition) is 8. The molecule has 5 rings (SSSR count). The van der Waals surface area contributed by atoms with E-state index in [1.807, 2.05) is 16.8 Å². The number of anilines is 4. The third-order valence-electron chi connectivity index (χ3n) is 7.26. The second kappa shape index (κ2) is 10.4. The first-order chi connectivity index (χ1) is 17.0. The van der Waals surface area contributed by atoms with Crippen LogP contribution in [0.4, 0.5) is 23.0 Å². The molecule has 9 heteroatoms. The Morgan fingerprint density at radius 2 is 1.91 bits per heavy atom. The zero-order valence-corrected chi connectivity index (χ0v) is 21.0. The Balaban J connectivity index is 1.37. The third-order valence-corrected chi connectivity index (χ3v) is 7.26. The van der Waals surface area contributed by atoms with Crippen molar-refractivity contribution in [2.75, 3.05) is 68.4 Å². The molecule has 0 unspecified atom stereocenters. The van der Waals surface area contributed by atoms with Gasteiger partial charge in [0, 0.05) is 68.2 Å². The summed E-state index contributed by atoms with van der Waals surface area (Å²) >= 11 is 0. The van der Waals surface area contributed by atoms with Gasteiger partial charge in [0.25, 0.3) is 0 Å².